The van der Waals surface area contributed by atoms with Crippen LogP contribution in [-0.2, 0) is 27.4 Å². The minimum atomic E-state index is -1.17. The van der Waals surface area contributed by atoms with E-state index in [0.29, 0.717) is 37.2 Å². The van der Waals surface area contributed by atoms with E-state index < -0.39 is 8.07 Å². The minimum Gasteiger partial charge on any atom is -0.376 e. The number of pyridine rings is 1. The zero-order valence-corrected chi connectivity index (χ0v) is 21.0. The van der Waals surface area contributed by atoms with Crippen molar-refractivity contribution in [2.45, 2.75) is 58.3 Å². The molecular formula is C21H33ClN6O3Si. The number of carbonyl (C=O) groups excluding carboxylic acids is 1. The topological polar surface area (TPSA) is 103 Å². The average molecular weight is 481 g/mol. The number of aryl methyl sites for hydroxylation is 1. The van der Waals surface area contributed by atoms with E-state index in [0.717, 1.165) is 36.9 Å². The van der Waals surface area contributed by atoms with Crippen molar-refractivity contribution in [3.05, 3.63) is 18.1 Å². The van der Waals surface area contributed by atoms with E-state index in [1.54, 1.807) is 6.20 Å². The maximum atomic E-state index is 12.0. The Balaban J connectivity index is 1.81. The molecule has 0 radical (unpaired) electrons. The van der Waals surface area contributed by atoms with Gasteiger partial charge in [0.1, 0.15) is 24.3 Å². The van der Waals surface area contributed by atoms with E-state index in [2.05, 4.69) is 45.5 Å². The monoisotopic (exact) mass is 480 g/mol. The summed E-state index contributed by atoms with van der Waals surface area (Å²) >= 11 is 5.71. The first kappa shape index (κ1) is 24.6. The molecule has 3 heterocycles. The maximum absolute atomic E-state index is 12.0. The average Bonchev–Trinajstić information content (AvgIpc) is 3.13. The van der Waals surface area contributed by atoms with Crippen LogP contribution in [0.3, 0.4) is 0 Å². The summed E-state index contributed by atoms with van der Waals surface area (Å²) in [6, 6.07) is 2.93. The third kappa shape index (κ3) is 6.74. The van der Waals surface area contributed by atoms with Gasteiger partial charge in [0.05, 0.1) is 11.8 Å². The van der Waals surface area contributed by atoms with Gasteiger partial charge in [-0.3, -0.25) is 9.36 Å². The van der Waals surface area contributed by atoms with Crippen LogP contribution in [-0.4, -0.2) is 65.5 Å². The highest BCUT2D eigenvalue weighted by molar-refractivity contribution is 6.76. The second kappa shape index (κ2) is 11.2. The summed E-state index contributed by atoms with van der Waals surface area (Å²) in [6.45, 7) is 11.5. The first-order chi connectivity index (χ1) is 15.3. The molecule has 32 heavy (non-hydrogen) atoms. The molecule has 1 aliphatic heterocycles. The fourth-order valence-electron chi connectivity index (χ4n) is 3.14. The van der Waals surface area contributed by atoms with Gasteiger partial charge in [0.15, 0.2) is 5.82 Å². The summed E-state index contributed by atoms with van der Waals surface area (Å²) in [5, 5.41) is 14.8. The van der Waals surface area contributed by atoms with Gasteiger partial charge in [-0.05, 0) is 18.5 Å². The lowest BCUT2D eigenvalue weighted by molar-refractivity contribution is -0.113. The van der Waals surface area contributed by atoms with Gasteiger partial charge in [-0.15, -0.1) is 21.8 Å². The molecule has 2 N–H and O–H groups in total. The Kier molecular flexibility index (Phi) is 8.63. The van der Waals surface area contributed by atoms with E-state index >= 15 is 0 Å². The Morgan fingerprint density at radius 1 is 1.38 bits per heavy atom. The lowest BCUT2D eigenvalue weighted by Gasteiger charge is -2.27. The molecule has 9 nitrogen and oxygen atoms in total. The first-order valence-corrected chi connectivity index (χ1v) is 15.3. The largest absolute Gasteiger partial charge is 0.376 e. The van der Waals surface area contributed by atoms with Crippen molar-refractivity contribution in [1.82, 2.24) is 19.7 Å². The number of ether oxygens (including phenoxy) is 2. The maximum Gasteiger partial charge on any atom is 0.239 e. The van der Waals surface area contributed by atoms with Crippen molar-refractivity contribution in [2.24, 2.45) is 0 Å². The molecule has 0 spiro atoms. The van der Waals surface area contributed by atoms with E-state index in [-0.39, 0.29) is 17.9 Å². The Bertz CT molecular complexity index is 913. The second-order valence-corrected chi connectivity index (χ2v) is 14.9. The number of amides is 1. The summed E-state index contributed by atoms with van der Waals surface area (Å²) in [6.07, 6.45) is 3.63. The fraction of sp³-hybridized carbons (Fsp3) is 0.619. The highest BCUT2D eigenvalue weighted by Gasteiger charge is 2.20. The number of hydrogen-bond donors (Lipinski definition) is 2. The molecule has 1 saturated heterocycles. The molecule has 0 saturated carbocycles. The van der Waals surface area contributed by atoms with Crippen LogP contribution >= 0.6 is 11.6 Å². The summed E-state index contributed by atoms with van der Waals surface area (Å²) in [5.74, 6) is 1.60. The van der Waals surface area contributed by atoms with Crippen LogP contribution in [0.1, 0.15) is 19.2 Å². The van der Waals surface area contributed by atoms with Gasteiger partial charge in [0.25, 0.3) is 0 Å². The number of halogens is 1. The van der Waals surface area contributed by atoms with Crippen LogP contribution in [0.4, 0.5) is 11.5 Å². The minimum absolute atomic E-state index is 0.142. The van der Waals surface area contributed by atoms with Crippen molar-refractivity contribution < 1.29 is 14.3 Å². The van der Waals surface area contributed by atoms with E-state index in [4.69, 9.17) is 21.1 Å². The summed E-state index contributed by atoms with van der Waals surface area (Å²) in [7, 11) is -1.17. The first-order valence-electron chi connectivity index (χ1n) is 11.0. The van der Waals surface area contributed by atoms with E-state index in [9.17, 15) is 4.79 Å². The third-order valence-corrected chi connectivity index (χ3v) is 7.14. The van der Waals surface area contributed by atoms with Gasteiger partial charge < -0.3 is 20.1 Å². The van der Waals surface area contributed by atoms with Crippen LogP contribution in [0.5, 0.6) is 0 Å². The molecule has 1 amide bonds. The fourth-order valence-corrected chi connectivity index (χ4v) is 3.97. The molecule has 176 valence electrons. The molecule has 0 bridgehead atoms. The molecule has 2 aromatic heterocycles. The van der Waals surface area contributed by atoms with Crippen LogP contribution in [0.15, 0.2) is 12.3 Å². The van der Waals surface area contributed by atoms with Crippen LogP contribution in [0.25, 0.3) is 11.4 Å². The van der Waals surface area contributed by atoms with Crippen molar-refractivity contribution >= 4 is 37.1 Å². The molecule has 2 aromatic rings. The van der Waals surface area contributed by atoms with Crippen LogP contribution in [0.2, 0.25) is 25.7 Å². The Labute approximate surface area is 195 Å². The molecule has 0 aliphatic carbocycles. The predicted octanol–water partition coefficient (Wildman–Crippen LogP) is 3.59. The van der Waals surface area contributed by atoms with Crippen molar-refractivity contribution in [2.75, 3.05) is 36.3 Å². The summed E-state index contributed by atoms with van der Waals surface area (Å²) < 4.78 is 13.4. The van der Waals surface area contributed by atoms with Gasteiger partial charge in [0, 0.05) is 46.0 Å². The number of carbonyl (C=O) groups is 1. The Hall–Kier alpha value is -2.01. The normalized spacial score (nSPS) is 16.0. The molecular weight excluding hydrogens is 448 g/mol. The number of nitrogens with zero attached hydrogens (tertiary/aromatic N) is 4. The number of rotatable bonds is 12. The van der Waals surface area contributed by atoms with Crippen molar-refractivity contribution in [3.8, 4) is 11.4 Å². The Morgan fingerprint density at radius 3 is 2.78 bits per heavy atom. The molecule has 3 rings (SSSR count). The number of alkyl halides is 1. The standard InChI is InChI=1S/C21H33ClN6O3Si/c1-5-18-26-27-21(28(18)14-30-8-9-32(2,3)4)15-10-17(25-19(29)11-22)20(23-12-15)24-13-16-6-7-31-16/h10,12,16H,5-9,11,13-14H2,1-4H3,(H,23,24)(H,25,29)/t16-/m0/s1. The number of aromatic nitrogens is 4. The van der Waals surface area contributed by atoms with Gasteiger partial charge in [-0.25, -0.2) is 4.98 Å². The zero-order valence-electron chi connectivity index (χ0n) is 19.3. The molecule has 1 aliphatic rings. The van der Waals surface area contributed by atoms with Gasteiger partial charge >= 0.3 is 0 Å². The lowest BCUT2D eigenvalue weighted by atomic mass is 10.2. The highest BCUT2D eigenvalue weighted by Crippen LogP contribution is 2.27. The third-order valence-electron chi connectivity index (χ3n) is 5.19. The van der Waals surface area contributed by atoms with Crippen molar-refractivity contribution in [3.63, 3.8) is 0 Å². The van der Waals surface area contributed by atoms with Gasteiger partial charge in [-0.2, -0.15) is 0 Å². The van der Waals surface area contributed by atoms with Crippen LogP contribution in [0, 0.1) is 0 Å². The number of nitrogens with one attached hydrogen (secondary N) is 2. The summed E-state index contributed by atoms with van der Waals surface area (Å²) in [5.41, 5.74) is 1.28. The number of anilines is 2. The van der Waals surface area contributed by atoms with E-state index in [1.165, 1.54) is 0 Å². The quantitative estimate of drug-likeness (QED) is 0.272. The van der Waals surface area contributed by atoms with Gasteiger partial charge in [0.2, 0.25) is 5.91 Å². The molecule has 0 aromatic carbocycles. The second-order valence-electron chi connectivity index (χ2n) is 9.03. The number of hydrogen-bond acceptors (Lipinski definition) is 7. The lowest BCUT2D eigenvalue weighted by Crippen LogP contribution is -2.33. The molecule has 1 fully saturated rings. The SMILES string of the molecule is CCc1nnc(-c2cnc(NC[C@@H]3CCO3)c(NC(=O)CCl)c2)n1COCC[Si](C)(C)C. The highest BCUT2D eigenvalue weighted by atomic mass is 35.5. The summed E-state index contributed by atoms with van der Waals surface area (Å²) in [4.78, 5) is 16.5. The molecule has 1 atom stereocenters. The molecule has 0 unspecified atom stereocenters. The van der Waals surface area contributed by atoms with Crippen molar-refractivity contribution in [1.29, 1.82) is 0 Å². The molecule has 11 heteroatoms. The predicted molar refractivity (Wildman–Crippen MR) is 129 cm³/mol. The van der Waals surface area contributed by atoms with E-state index in [1.807, 2.05) is 17.6 Å². The Morgan fingerprint density at radius 2 is 2.16 bits per heavy atom. The van der Waals surface area contributed by atoms with Crippen LogP contribution < -0.4 is 10.6 Å². The smallest absolute Gasteiger partial charge is 0.239 e. The van der Waals surface area contributed by atoms with Gasteiger partial charge in [-0.1, -0.05) is 26.6 Å². The zero-order chi connectivity index (χ0) is 23.1.